The molecule has 2 N–H and O–H groups in total. The highest BCUT2D eigenvalue weighted by Gasteiger charge is 2.19. The number of benzene rings is 1. The number of anilines is 1. The van der Waals surface area contributed by atoms with Crippen LogP contribution < -0.4 is 15.8 Å². The number of hydrogen-bond donors (Lipinski definition) is 2. The molecule has 0 saturated carbocycles. The van der Waals surface area contributed by atoms with E-state index in [2.05, 4.69) is 16.9 Å². The third kappa shape index (κ3) is 4.08. The van der Waals surface area contributed by atoms with Gasteiger partial charge >= 0.3 is 0 Å². The smallest absolute Gasteiger partial charge is 0.269 e. The highest BCUT2D eigenvalue weighted by Crippen LogP contribution is 2.17. The summed E-state index contributed by atoms with van der Waals surface area (Å²) in [4.78, 5) is 25.9. The molecule has 5 nitrogen and oxygen atoms in total. The number of rotatable bonds is 3. The molecular weight excluding hydrogens is 266 g/mol. The Bertz CT molecular complexity index is 552. The zero-order valence-electron chi connectivity index (χ0n) is 12.4. The minimum atomic E-state index is -0.307. The van der Waals surface area contributed by atoms with Crippen LogP contribution in [0.25, 0.3) is 0 Å². The Kier molecular flexibility index (Phi) is 4.98. The Hall–Kier alpha value is -2.30. The summed E-state index contributed by atoms with van der Waals surface area (Å²) in [6, 6.07) is 7.24. The summed E-state index contributed by atoms with van der Waals surface area (Å²) >= 11 is 0. The van der Waals surface area contributed by atoms with Gasteiger partial charge in [-0.15, -0.1) is 0 Å². The fourth-order valence-corrected chi connectivity index (χ4v) is 2.25. The van der Waals surface area contributed by atoms with Gasteiger partial charge in [0.15, 0.2) is 0 Å². The van der Waals surface area contributed by atoms with Gasteiger partial charge in [-0.1, -0.05) is 18.2 Å². The van der Waals surface area contributed by atoms with Gasteiger partial charge in [0.25, 0.3) is 5.91 Å². The van der Waals surface area contributed by atoms with Crippen LogP contribution in [0.15, 0.2) is 36.4 Å². The van der Waals surface area contributed by atoms with Crippen LogP contribution in [0, 0.1) is 5.92 Å². The van der Waals surface area contributed by atoms with Crippen molar-refractivity contribution in [2.24, 2.45) is 5.92 Å². The molecule has 0 radical (unpaired) electrons. The van der Waals surface area contributed by atoms with Gasteiger partial charge in [-0.05, 0) is 37.5 Å². The Morgan fingerprint density at radius 1 is 1.19 bits per heavy atom. The minimum absolute atomic E-state index is 0.0524. The molecule has 0 saturated heterocycles. The lowest BCUT2D eigenvalue weighted by atomic mass is 9.94. The molecule has 21 heavy (non-hydrogen) atoms. The van der Waals surface area contributed by atoms with E-state index in [0.717, 1.165) is 24.9 Å². The summed E-state index contributed by atoms with van der Waals surface area (Å²) in [7, 11) is 3.82. The fourth-order valence-electron chi connectivity index (χ4n) is 2.25. The van der Waals surface area contributed by atoms with Gasteiger partial charge in [-0.25, -0.2) is 0 Å². The molecule has 0 aromatic heterocycles. The maximum absolute atomic E-state index is 12.0. The van der Waals surface area contributed by atoms with Gasteiger partial charge in [0.05, 0.1) is 0 Å². The quantitative estimate of drug-likeness (QED) is 0.659. The van der Waals surface area contributed by atoms with Crippen molar-refractivity contribution in [3.8, 4) is 0 Å². The third-order valence-corrected chi connectivity index (χ3v) is 3.56. The number of nitrogens with zero attached hydrogens (tertiary/aromatic N) is 1. The number of hydrazine groups is 1. The van der Waals surface area contributed by atoms with E-state index in [1.807, 2.05) is 37.2 Å². The number of amides is 2. The predicted molar refractivity (Wildman–Crippen MR) is 82.9 cm³/mol. The number of carbonyl (C=O) groups is 2. The van der Waals surface area contributed by atoms with Crippen LogP contribution in [0.1, 0.15) is 29.6 Å². The normalized spacial score (nSPS) is 17.1. The van der Waals surface area contributed by atoms with E-state index in [-0.39, 0.29) is 17.7 Å². The average Bonchev–Trinajstić information content (AvgIpc) is 2.53. The van der Waals surface area contributed by atoms with Gasteiger partial charge in [-0.2, -0.15) is 0 Å². The summed E-state index contributed by atoms with van der Waals surface area (Å²) in [5.41, 5.74) is 6.45. The molecule has 2 amide bonds. The van der Waals surface area contributed by atoms with Crippen molar-refractivity contribution in [1.82, 2.24) is 10.9 Å². The lowest BCUT2D eigenvalue weighted by Crippen LogP contribution is -2.44. The van der Waals surface area contributed by atoms with Crippen molar-refractivity contribution in [3.05, 3.63) is 42.0 Å². The van der Waals surface area contributed by atoms with E-state index in [1.165, 1.54) is 0 Å². The van der Waals surface area contributed by atoms with Crippen molar-refractivity contribution in [1.29, 1.82) is 0 Å². The molecular formula is C16H21N3O2. The molecule has 0 spiro atoms. The Morgan fingerprint density at radius 3 is 2.67 bits per heavy atom. The van der Waals surface area contributed by atoms with E-state index < -0.39 is 0 Å². The number of hydrogen-bond acceptors (Lipinski definition) is 3. The van der Waals surface area contributed by atoms with Crippen molar-refractivity contribution < 1.29 is 9.59 Å². The molecule has 1 aliphatic carbocycles. The second-order valence-corrected chi connectivity index (χ2v) is 5.37. The van der Waals surface area contributed by atoms with Crippen LogP contribution in [0.3, 0.4) is 0 Å². The summed E-state index contributed by atoms with van der Waals surface area (Å²) in [5, 5.41) is 0. The lowest BCUT2D eigenvalue weighted by molar-refractivity contribution is -0.126. The minimum Gasteiger partial charge on any atom is -0.378 e. The van der Waals surface area contributed by atoms with Gasteiger partial charge < -0.3 is 4.90 Å². The molecule has 1 aromatic carbocycles. The molecule has 0 bridgehead atoms. The zero-order chi connectivity index (χ0) is 15.2. The first-order valence-electron chi connectivity index (χ1n) is 7.10. The highest BCUT2D eigenvalue weighted by atomic mass is 16.2. The second-order valence-electron chi connectivity index (χ2n) is 5.37. The van der Waals surface area contributed by atoms with Crippen molar-refractivity contribution >= 4 is 17.5 Å². The lowest BCUT2D eigenvalue weighted by Gasteiger charge is -2.18. The summed E-state index contributed by atoms with van der Waals surface area (Å²) < 4.78 is 0. The maximum Gasteiger partial charge on any atom is 0.269 e. The second kappa shape index (κ2) is 6.92. The fraction of sp³-hybridized carbons (Fsp3) is 0.375. The molecule has 1 aliphatic rings. The van der Waals surface area contributed by atoms with Gasteiger partial charge in [-0.3, -0.25) is 20.4 Å². The zero-order valence-corrected chi connectivity index (χ0v) is 12.4. The molecule has 1 atom stereocenters. The maximum atomic E-state index is 12.0. The van der Waals surface area contributed by atoms with Crippen molar-refractivity contribution in [3.63, 3.8) is 0 Å². The van der Waals surface area contributed by atoms with Gasteiger partial charge in [0.1, 0.15) is 0 Å². The van der Waals surface area contributed by atoms with Gasteiger partial charge in [0, 0.05) is 31.3 Å². The summed E-state index contributed by atoms with van der Waals surface area (Å²) in [5.74, 6) is -0.488. The summed E-state index contributed by atoms with van der Waals surface area (Å²) in [6.07, 6.45) is 6.56. The standard InChI is InChI=1S/C16H21N3O2/c1-19(2)14-10-6-9-13(11-14)16(21)18-17-15(20)12-7-4-3-5-8-12/h3-4,6,9-12H,5,7-8H2,1-2H3,(H,17,20)(H,18,21)/t12-/m0/s1. The Balaban J connectivity index is 1.91. The predicted octanol–water partition coefficient (Wildman–Crippen LogP) is 1.87. The largest absolute Gasteiger partial charge is 0.378 e. The molecule has 0 unspecified atom stereocenters. The first kappa shape index (κ1) is 15.1. The molecule has 112 valence electrons. The van der Waals surface area contributed by atoms with E-state index in [9.17, 15) is 9.59 Å². The van der Waals surface area contributed by atoms with Crippen LogP contribution in [0.5, 0.6) is 0 Å². The molecule has 5 heteroatoms. The molecule has 0 fully saturated rings. The van der Waals surface area contributed by atoms with Crippen molar-refractivity contribution in [2.45, 2.75) is 19.3 Å². The van der Waals surface area contributed by atoms with Gasteiger partial charge in [0.2, 0.25) is 5.91 Å². The number of nitrogens with one attached hydrogen (secondary N) is 2. The van der Waals surface area contributed by atoms with Crippen LogP contribution in [-0.4, -0.2) is 25.9 Å². The number of carbonyl (C=O) groups excluding carboxylic acids is 2. The SMILES string of the molecule is CN(C)c1cccc(C(=O)NNC(=O)[C@H]2CC=CCC2)c1. The van der Waals surface area contributed by atoms with Crippen molar-refractivity contribution in [2.75, 3.05) is 19.0 Å². The first-order valence-corrected chi connectivity index (χ1v) is 7.10. The highest BCUT2D eigenvalue weighted by molar-refractivity contribution is 5.96. The van der Waals surface area contributed by atoms with Crippen LogP contribution in [0.2, 0.25) is 0 Å². The topological polar surface area (TPSA) is 61.4 Å². The van der Waals surface area contributed by atoms with Crippen LogP contribution in [-0.2, 0) is 4.79 Å². The Morgan fingerprint density at radius 2 is 2.00 bits per heavy atom. The van der Waals surface area contributed by atoms with Crippen LogP contribution in [0.4, 0.5) is 5.69 Å². The van der Waals surface area contributed by atoms with E-state index in [4.69, 9.17) is 0 Å². The Labute approximate surface area is 125 Å². The molecule has 0 heterocycles. The first-order chi connectivity index (χ1) is 10.1. The number of allylic oxidation sites excluding steroid dienone is 2. The average molecular weight is 287 g/mol. The monoisotopic (exact) mass is 287 g/mol. The molecule has 2 rings (SSSR count). The van der Waals surface area contributed by atoms with E-state index >= 15 is 0 Å². The summed E-state index contributed by atoms with van der Waals surface area (Å²) in [6.45, 7) is 0. The van der Waals surface area contributed by atoms with E-state index in [0.29, 0.717) is 5.56 Å². The van der Waals surface area contributed by atoms with E-state index in [1.54, 1.807) is 12.1 Å². The third-order valence-electron chi connectivity index (χ3n) is 3.56. The molecule has 0 aliphatic heterocycles. The van der Waals surface area contributed by atoms with Crippen LogP contribution >= 0.6 is 0 Å². The molecule has 1 aromatic rings.